The number of halogens is 2. The second-order valence-corrected chi connectivity index (χ2v) is 5.63. The number of hydrogen-bond acceptors (Lipinski definition) is 2. The molecule has 1 aromatic carbocycles. The molecule has 2 unspecified atom stereocenters. The van der Waals surface area contributed by atoms with Crippen LogP contribution in [0.5, 0.6) is 0 Å². The molecule has 96 valence electrons. The van der Waals surface area contributed by atoms with E-state index in [4.69, 9.17) is 17.3 Å². The standard InChI is InChI=1S/C13H15BrClN3/c1-8(16)13(10-5-3-4-6-11(10)14)18-7-12(15)9(2)17-18/h3-8,13H,16H2,1-2H3. The zero-order valence-corrected chi connectivity index (χ0v) is 12.6. The fourth-order valence-corrected chi connectivity index (χ4v) is 2.64. The molecular formula is C13H15BrClN3. The highest BCUT2D eigenvalue weighted by atomic mass is 79.9. The molecule has 5 heteroatoms. The first kappa shape index (κ1) is 13.6. The monoisotopic (exact) mass is 327 g/mol. The molecule has 0 aliphatic carbocycles. The van der Waals surface area contributed by atoms with Crippen molar-refractivity contribution in [2.75, 3.05) is 0 Å². The molecule has 1 heterocycles. The van der Waals surface area contributed by atoms with E-state index in [0.717, 1.165) is 15.7 Å². The highest BCUT2D eigenvalue weighted by Crippen LogP contribution is 2.29. The Morgan fingerprint density at radius 3 is 2.56 bits per heavy atom. The summed E-state index contributed by atoms with van der Waals surface area (Å²) in [6, 6.07) is 7.91. The molecule has 3 nitrogen and oxygen atoms in total. The highest BCUT2D eigenvalue weighted by Gasteiger charge is 2.22. The topological polar surface area (TPSA) is 43.8 Å². The van der Waals surface area contributed by atoms with Crippen molar-refractivity contribution in [1.82, 2.24) is 9.78 Å². The van der Waals surface area contributed by atoms with Crippen LogP contribution in [-0.4, -0.2) is 15.8 Å². The maximum atomic E-state index is 6.10. The summed E-state index contributed by atoms with van der Waals surface area (Å²) in [6.45, 7) is 3.85. The van der Waals surface area contributed by atoms with Crippen molar-refractivity contribution in [3.05, 3.63) is 51.2 Å². The Morgan fingerprint density at radius 1 is 1.39 bits per heavy atom. The van der Waals surface area contributed by atoms with Gasteiger partial charge in [-0.15, -0.1) is 0 Å². The first-order chi connectivity index (χ1) is 8.50. The molecule has 1 aromatic heterocycles. The normalized spacial score (nSPS) is 14.5. The molecule has 2 rings (SSSR count). The molecule has 0 spiro atoms. The summed E-state index contributed by atoms with van der Waals surface area (Å²) in [4.78, 5) is 0. The Balaban J connectivity index is 2.50. The number of aromatic nitrogens is 2. The van der Waals surface area contributed by atoms with Gasteiger partial charge in [-0.25, -0.2) is 0 Å². The third-order valence-corrected chi connectivity index (χ3v) is 3.96. The summed E-state index contributed by atoms with van der Waals surface area (Å²) in [7, 11) is 0. The van der Waals surface area contributed by atoms with Crippen molar-refractivity contribution in [3.8, 4) is 0 Å². The largest absolute Gasteiger partial charge is 0.326 e. The molecule has 0 bridgehead atoms. The molecule has 0 saturated heterocycles. The number of benzene rings is 1. The summed E-state index contributed by atoms with van der Waals surface area (Å²) < 4.78 is 2.86. The summed E-state index contributed by atoms with van der Waals surface area (Å²) in [5, 5.41) is 5.09. The van der Waals surface area contributed by atoms with E-state index in [2.05, 4.69) is 21.0 Å². The quantitative estimate of drug-likeness (QED) is 0.936. The van der Waals surface area contributed by atoms with Gasteiger partial charge in [0.15, 0.2) is 0 Å². The summed E-state index contributed by atoms with van der Waals surface area (Å²) in [5.41, 5.74) is 8.02. The Kier molecular flexibility index (Phi) is 4.10. The van der Waals surface area contributed by atoms with Crippen molar-refractivity contribution in [2.45, 2.75) is 25.9 Å². The smallest absolute Gasteiger partial charge is 0.0928 e. The third kappa shape index (κ3) is 2.60. The van der Waals surface area contributed by atoms with Crippen LogP contribution in [0.4, 0.5) is 0 Å². The molecule has 2 N–H and O–H groups in total. The number of nitrogens with two attached hydrogens (primary N) is 1. The highest BCUT2D eigenvalue weighted by molar-refractivity contribution is 9.10. The van der Waals surface area contributed by atoms with Crippen LogP contribution in [-0.2, 0) is 0 Å². The van der Waals surface area contributed by atoms with Crippen molar-refractivity contribution in [1.29, 1.82) is 0 Å². The van der Waals surface area contributed by atoms with E-state index in [1.165, 1.54) is 0 Å². The lowest BCUT2D eigenvalue weighted by molar-refractivity contribution is 0.450. The minimum absolute atomic E-state index is 0.0354. The summed E-state index contributed by atoms with van der Waals surface area (Å²) >= 11 is 9.63. The van der Waals surface area contributed by atoms with Gasteiger partial charge in [0.1, 0.15) is 0 Å². The molecule has 18 heavy (non-hydrogen) atoms. The van der Waals surface area contributed by atoms with Gasteiger partial charge in [-0.2, -0.15) is 5.10 Å². The average Bonchev–Trinajstić information content (AvgIpc) is 2.61. The number of rotatable bonds is 3. The zero-order chi connectivity index (χ0) is 13.3. The SMILES string of the molecule is Cc1nn(C(c2ccccc2Br)C(C)N)cc1Cl. The lowest BCUT2D eigenvalue weighted by atomic mass is 10.0. The van der Waals surface area contributed by atoms with Crippen LogP contribution in [0.2, 0.25) is 5.02 Å². The molecule has 0 saturated carbocycles. The van der Waals surface area contributed by atoms with Gasteiger partial charge in [0.05, 0.1) is 16.8 Å². The molecular weight excluding hydrogens is 314 g/mol. The van der Waals surface area contributed by atoms with Crippen LogP contribution in [0.1, 0.15) is 24.2 Å². The fraction of sp³-hybridized carbons (Fsp3) is 0.308. The Morgan fingerprint density at radius 2 is 2.06 bits per heavy atom. The summed E-state index contributed by atoms with van der Waals surface area (Å²) in [5.74, 6) is 0. The third-order valence-electron chi connectivity index (χ3n) is 2.86. The molecule has 0 fully saturated rings. The number of hydrogen-bond donors (Lipinski definition) is 1. The van der Waals surface area contributed by atoms with E-state index in [1.807, 2.05) is 49.0 Å². The van der Waals surface area contributed by atoms with Crippen molar-refractivity contribution < 1.29 is 0 Å². The van der Waals surface area contributed by atoms with Crippen molar-refractivity contribution >= 4 is 27.5 Å². The lowest BCUT2D eigenvalue weighted by Crippen LogP contribution is -2.31. The van der Waals surface area contributed by atoms with Gasteiger partial charge in [0.25, 0.3) is 0 Å². The van der Waals surface area contributed by atoms with Crippen LogP contribution >= 0.6 is 27.5 Å². The van der Waals surface area contributed by atoms with Crippen LogP contribution in [0, 0.1) is 6.92 Å². The predicted molar refractivity (Wildman–Crippen MR) is 77.9 cm³/mol. The fourth-order valence-electron chi connectivity index (χ4n) is 1.98. The first-order valence-electron chi connectivity index (χ1n) is 5.72. The van der Waals surface area contributed by atoms with Crippen LogP contribution < -0.4 is 5.73 Å². The zero-order valence-electron chi connectivity index (χ0n) is 10.3. The molecule has 2 atom stereocenters. The lowest BCUT2D eigenvalue weighted by Gasteiger charge is -2.23. The average molecular weight is 329 g/mol. The van der Waals surface area contributed by atoms with Gasteiger partial charge in [-0.3, -0.25) is 4.68 Å². The van der Waals surface area contributed by atoms with Gasteiger partial charge < -0.3 is 5.73 Å². The second kappa shape index (κ2) is 5.43. The molecule has 0 aliphatic heterocycles. The van der Waals surface area contributed by atoms with Crippen LogP contribution in [0.15, 0.2) is 34.9 Å². The molecule has 0 amide bonds. The van der Waals surface area contributed by atoms with E-state index >= 15 is 0 Å². The van der Waals surface area contributed by atoms with E-state index in [0.29, 0.717) is 5.02 Å². The van der Waals surface area contributed by atoms with Gasteiger partial charge >= 0.3 is 0 Å². The molecule has 2 aromatic rings. The molecule has 0 radical (unpaired) electrons. The summed E-state index contributed by atoms with van der Waals surface area (Å²) in [6.07, 6.45) is 1.82. The molecule has 0 aliphatic rings. The predicted octanol–water partition coefficient (Wildman–Crippen LogP) is 3.54. The van der Waals surface area contributed by atoms with Crippen molar-refractivity contribution in [3.63, 3.8) is 0 Å². The van der Waals surface area contributed by atoms with Gasteiger partial charge in [0, 0.05) is 16.7 Å². The second-order valence-electron chi connectivity index (χ2n) is 4.37. The maximum Gasteiger partial charge on any atom is 0.0928 e. The van der Waals surface area contributed by atoms with Crippen molar-refractivity contribution in [2.24, 2.45) is 5.73 Å². The van der Waals surface area contributed by atoms with E-state index in [-0.39, 0.29) is 12.1 Å². The van der Waals surface area contributed by atoms with Crippen LogP contribution in [0.25, 0.3) is 0 Å². The van der Waals surface area contributed by atoms with Gasteiger partial charge in [0.2, 0.25) is 0 Å². The Hall–Kier alpha value is -0.840. The first-order valence-corrected chi connectivity index (χ1v) is 6.89. The number of aryl methyl sites for hydroxylation is 1. The maximum absolute atomic E-state index is 6.10. The van der Waals surface area contributed by atoms with Gasteiger partial charge in [-0.05, 0) is 25.5 Å². The van der Waals surface area contributed by atoms with Crippen LogP contribution in [0.3, 0.4) is 0 Å². The Bertz CT molecular complexity index is 531. The minimum Gasteiger partial charge on any atom is -0.326 e. The minimum atomic E-state index is -0.0703. The van der Waals surface area contributed by atoms with E-state index < -0.39 is 0 Å². The number of nitrogens with zero attached hydrogens (tertiary/aromatic N) is 2. The van der Waals surface area contributed by atoms with E-state index in [1.54, 1.807) is 0 Å². The Labute approximate surface area is 120 Å². The van der Waals surface area contributed by atoms with Gasteiger partial charge in [-0.1, -0.05) is 45.7 Å². The van der Waals surface area contributed by atoms with E-state index in [9.17, 15) is 0 Å².